The minimum absolute atomic E-state index is 0.00906. The highest BCUT2D eigenvalue weighted by Crippen LogP contribution is 2.44. The van der Waals surface area contributed by atoms with E-state index in [1.165, 1.54) is 47.2 Å². The van der Waals surface area contributed by atoms with E-state index in [1.807, 2.05) is 42.5 Å². The molecule has 0 spiro atoms. The fourth-order valence-electron chi connectivity index (χ4n) is 5.29. The number of hydrogen-bond donors (Lipinski definition) is 1. The Balaban J connectivity index is 1.38. The summed E-state index contributed by atoms with van der Waals surface area (Å²) in [5.74, 6) is -2.04. The molecule has 222 valence electrons. The van der Waals surface area contributed by atoms with Crippen LogP contribution in [0.5, 0.6) is 5.75 Å². The molecular weight excluding hydrogens is 598 g/mol. The molecule has 6 rings (SSSR count). The second kappa shape index (κ2) is 12.2. The molecule has 44 heavy (non-hydrogen) atoms. The van der Waals surface area contributed by atoms with Gasteiger partial charge in [-0.2, -0.15) is 0 Å². The van der Waals surface area contributed by atoms with Gasteiger partial charge in [0, 0.05) is 11.3 Å². The number of ketones is 1. The van der Waals surface area contributed by atoms with Gasteiger partial charge in [0.1, 0.15) is 5.76 Å². The molecule has 1 amide bonds. The van der Waals surface area contributed by atoms with Gasteiger partial charge in [-0.15, -0.1) is 10.2 Å². The maximum absolute atomic E-state index is 14.6. The smallest absolute Gasteiger partial charge is 0.301 e. The monoisotopic (exact) mass is 625 g/mol. The molecule has 0 radical (unpaired) electrons. The van der Waals surface area contributed by atoms with E-state index < -0.39 is 29.3 Å². The molecule has 0 aliphatic carbocycles. The molecule has 1 N–H and O–H groups in total. The van der Waals surface area contributed by atoms with Gasteiger partial charge in [0.15, 0.2) is 15.9 Å². The van der Waals surface area contributed by atoms with Gasteiger partial charge in [0.2, 0.25) is 5.13 Å². The SMILES string of the molecule is COc1ccc(C(O)=C2C(=O)C(=O)N(c3nnc(SCc4cccc5ccccc45)s3)[C@H]2c2ccc(C(C)C)cc2)cc1F. The molecule has 1 aromatic heterocycles. The average Bonchev–Trinajstić information content (AvgIpc) is 3.61. The lowest BCUT2D eigenvalue weighted by Crippen LogP contribution is -2.29. The normalized spacial score (nSPS) is 16.3. The fourth-order valence-corrected chi connectivity index (χ4v) is 7.17. The number of Topliss-reactive ketones (excluding diaryl/α,β-unsaturated/α-hetero) is 1. The summed E-state index contributed by atoms with van der Waals surface area (Å²) in [6, 6.07) is 24.7. The molecule has 0 bridgehead atoms. The highest BCUT2D eigenvalue weighted by Gasteiger charge is 2.48. The van der Waals surface area contributed by atoms with Crippen LogP contribution in [-0.4, -0.2) is 34.1 Å². The van der Waals surface area contributed by atoms with E-state index in [2.05, 4.69) is 48.3 Å². The maximum atomic E-state index is 14.6. The quantitative estimate of drug-likeness (QED) is 0.0617. The van der Waals surface area contributed by atoms with Crippen LogP contribution < -0.4 is 9.64 Å². The van der Waals surface area contributed by atoms with Gasteiger partial charge in [-0.05, 0) is 51.6 Å². The lowest BCUT2D eigenvalue weighted by molar-refractivity contribution is -0.132. The number of benzene rings is 4. The molecule has 1 fully saturated rings. The first-order valence-corrected chi connectivity index (χ1v) is 15.7. The highest BCUT2D eigenvalue weighted by molar-refractivity contribution is 8.00. The Morgan fingerprint density at radius 1 is 1.02 bits per heavy atom. The summed E-state index contributed by atoms with van der Waals surface area (Å²) >= 11 is 2.69. The van der Waals surface area contributed by atoms with E-state index in [0.717, 1.165) is 28.0 Å². The number of hydrogen-bond acceptors (Lipinski definition) is 8. The number of rotatable bonds is 8. The Morgan fingerprint density at radius 3 is 2.50 bits per heavy atom. The van der Waals surface area contributed by atoms with Gasteiger partial charge in [0.05, 0.1) is 18.7 Å². The van der Waals surface area contributed by atoms with Gasteiger partial charge in [-0.25, -0.2) is 4.39 Å². The van der Waals surface area contributed by atoms with Crippen LogP contribution in [0.25, 0.3) is 16.5 Å². The number of amides is 1. The second-order valence-corrected chi connectivity index (χ2v) is 12.8. The van der Waals surface area contributed by atoms with Crippen LogP contribution in [0, 0.1) is 5.82 Å². The van der Waals surface area contributed by atoms with Crippen molar-refractivity contribution >= 4 is 56.5 Å². The van der Waals surface area contributed by atoms with E-state index in [1.54, 1.807) is 0 Å². The number of aliphatic hydroxyl groups excluding tert-OH is 1. The first-order chi connectivity index (χ1) is 21.3. The number of aliphatic hydroxyl groups is 1. The third-order valence-corrected chi connectivity index (χ3v) is 9.73. The Kier molecular flexibility index (Phi) is 8.20. The van der Waals surface area contributed by atoms with E-state index in [4.69, 9.17) is 4.74 Å². The van der Waals surface area contributed by atoms with Crippen molar-refractivity contribution in [3.05, 3.63) is 119 Å². The summed E-state index contributed by atoms with van der Waals surface area (Å²) in [7, 11) is 1.33. The van der Waals surface area contributed by atoms with E-state index >= 15 is 0 Å². The van der Waals surface area contributed by atoms with Crippen molar-refractivity contribution < 1.29 is 23.8 Å². The minimum Gasteiger partial charge on any atom is -0.507 e. The van der Waals surface area contributed by atoms with E-state index in [0.29, 0.717) is 15.7 Å². The topological polar surface area (TPSA) is 92.6 Å². The van der Waals surface area contributed by atoms with Crippen molar-refractivity contribution in [3.8, 4) is 5.75 Å². The number of fused-ring (bicyclic) bond motifs is 1. The maximum Gasteiger partial charge on any atom is 0.301 e. The van der Waals surface area contributed by atoms with Gasteiger partial charge >= 0.3 is 5.91 Å². The van der Waals surface area contributed by atoms with Crippen molar-refractivity contribution in [2.45, 2.75) is 35.9 Å². The molecular formula is C34H28FN3O4S2. The zero-order valence-electron chi connectivity index (χ0n) is 24.2. The second-order valence-electron chi connectivity index (χ2n) is 10.6. The first-order valence-electron chi connectivity index (χ1n) is 13.9. The van der Waals surface area contributed by atoms with Crippen LogP contribution in [0.3, 0.4) is 0 Å². The Hall–Kier alpha value is -4.54. The average molecular weight is 626 g/mol. The third kappa shape index (κ3) is 5.46. The van der Waals surface area contributed by atoms with Crippen molar-refractivity contribution in [1.82, 2.24) is 10.2 Å². The van der Waals surface area contributed by atoms with Crippen LogP contribution in [0.4, 0.5) is 9.52 Å². The van der Waals surface area contributed by atoms with Crippen LogP contribution in [0.1, 0.15) is 48.1 Å². The number of carbonyl (C=O) groups is 2. The molecule has 0 saturated carbocycles. The predicted octanol–water partition coefficient (Wildman–Crippen LogP) is 7.88. The van der Waals surface area contributed by atoms with Crippen LogP contribution in [0.2, 0.25) is 0 Å². The summed E-state index contributed by atoms with van der Waals surface area (Å²) in [4.78, 5) is 28.4. The van der Waals surface area contributed by atoms with Gasteiger partial charge in [0.25, 0.3) is 5.78 Å². The van der Waals surface area contributed by atoms with Gasteiger partial charge < -0.3 is 9.84 Å². The fraction of sp³-hybridized carbons (Fsp3) is 0.176. The summed E-state index contributed by atoms with van der Waals surface area (Å²) in [5, 5.41) is 22.5. The third-order valence-electron chi connectivity index (χ3n) is 7.62. The number of thioether (sulfide) groups is 1. The largest absolute Gasteiger partial charge is 0.507 e. The molecule has 4 aromatic carbocycles. The van der Waals surface area contributed by atoms with E-state index in [-0.39, 0.29) is 27.9 Å². The number of halogens is 1. The summed E-state index contributed by atoms with van der Waals surface area (Å²) < 4.78 is 20.2. The standard InChI is InChI=1S/C34H28FN3O4S2/c1-19(2)20-11-13-22(14-12-20)29-28(30(39)23-15-16-27(42-3)26(35)17-23)31(40)32(41)38(29)33-36-37-34(44-33)43-18-24-9-6-8-21-7-4-5-10-25(21)24/h4-17,19,29,39H,18H2,1-3H3/t29-/m0/s1. The zero-order valence-corrected chi connectivity index (χ0v) is 25.8. The number of nitrogens with zero attached hydrogens (tertiary/aromatic N) is 3. The Bertz CT molecular complexity index is 1910. The molecule has 1 saturated heterocycles. The molecule has 1 aliphatic rings. The van der Waals surface area contributed by atoms with Gasteiger partial charge in [-0.3, -0.25) is 14.5 Å². The number of ether oxygens (including phenoxy) is 1. The molecule has 2 heterocycles. The van der Waals surface area contributed by atoms with Crippen molar-refractivity contribution in [1.29, 1.82) is 0 Å². The molecule has 1 aliphatic heterocycles. The van der Waals surface area contributed by atoms with Crippen LogP contribution in [0.15, 0.2) is 94.8 Å². The Morgan fingerprint density at radius 2 is 1.77 bits per heavy atom. The lowest BCUT2D eigenvalue weighted by Gasteiger charge is -2.23. The lowest BCUT2D eigenvalue weighted by atomic mass is 9.93. The number of anilines is 1. The summed E-state index contributed by atoms with van der Waals surface area (Å²) in [5.41, 5.74) is 2.71. The number of carbonyl (C=O) groups excluding carboxylic acids is 2. The summed E-state index contributed by atoms with van der Waals surface area (Å²) in [6.07, 6.45) is 0. The molecule has 7 nitrogen and oxygen atoms in total. The number of aromatic nitrogens is 2. The predicted molar refractivity (Wildman–Crippen MR) is 172 cm³/mol. The highest BCUT2D eigenvalue weighted by atomic mass is 32.2. The molecule has 10 heteroatoms. The summed E-state index contributed by atoms with van der Waals surface area (Å²) in [6.45, 7) is 4.13. The minimum atomic E-state index is -0.995. The van der Waals surface area contributed by atoms with E-state index in [9.17, 15) is 19.1 Å². The first kappa shape index (κ1) is 29.5. The molecule has 5 aromatic rings. The van der Waals surface area contributed by atoms with Crippen LogP contribution >= 0.6 is 23.1 Å². The Labute approximate surface area is 262 Å². The number of methoxy groups -OCH3 is 1. The molecule has 1 atom stereocenters. The van der Waals surface area contributed by atoms with Crippen LogP contribution in [-0.2, 0) is 15.3 Å². The van der Waals surface area contributed by atoms with Crippen molar-refractivity contribution in [3.63, 3.8) is 0 Å². The van der Waals surface area contributed by atoms with Crippen molar-refractivity contribution in [2.24, 2.45) is 0 Å². The van der Waals surface area contributed by atoms with Gasteiger partial charge in [-0.1, -0.05) is 104 Å². The van der Waals surface area contributed by atoms with Crippen molar-refractivity contribution in [2.75, 3.05) is 12.0 Å². The zero-order chi connectivity index (χ0) is 31.0. The molecule has 0 unspecified atom stereocenters.